The fourth-order valence-corrected chi connectivity index (χ4v) is 9.54. The van der Waals surface area contributed by atoms with Crippen LogP contribution in [0.5, 0.6) is 17.2 Å². The first-order chi connectivity index (χ1) is 24.9. The van der Waals surface area contributed by atoms with Crippen molar-refractivity contribution in [1.82, 2.24) is 4.98 Å². The molecule has 0 unspecified atom stereocenters. The van der Waals surface area contributed by atoms with E-state index in [1.54, 1.807) is 45.7 Å². The van der Waals surface area contributed by atoms with E-state index < -0.39 is 19.6 Å². The van der Waals surface area contributed by atoms with Crippen LogP contribution in [0.25, 0.3) is 11.3 Å². The largest absolute Gasteiger partial charge is 2.00 e. The molecule has 53 heavy (non-hydrogen) atoms. The summed E-state index contributed by atoms with van der Waals surface area (Å²) in [6.07, 6.45) is 1.55. The summed E-state index contributed by atoms with van der Waals surface area (Å²) in [6.45, 7) is 14.8. The minimum absolute atomic E-state index is 0. The molecule has 0 saturated heterocycles. The van der Waals surface area contributed by atoms with E-state index in [0.29, 0.717) is 5.69 Å². The summed E-state index contributed by atoms with van der Waals surface area (Å²) in [7, 11) is 3.98. The number of halogens is 2. The summed E-state index contributed by atoms with van der Waals surface area (Å²) in [5.41, 5.74) is 8.95. The van der Waals surface area contributed by atoms with Gasteiger partial charge < -0.3 is 19.2 Å². The molecule has 0 atom stereocenters. The number of pyridine rings is 1. The van der Waals surface area contributed by atoms with Gasteiger partial charge in [-0.15, -0.1) is 12.1 Å². The third-order valence-electron chi connectivity index (χ3n) is 8.52. The first-order valence-electron chi connectivity index (χ1n) is 16.9. The van der Waals surface area contributed by atoms with Crippen LogP contribution in [-0.4, -0.2) is 26.3 Å². The molecule has 0 radical (unpaired) electrons. The molecule has 0 aliphatic carbocycles. The Morgan fingerprint density at radius 2 is 1.00 bits per heavy atom. The average molecular weight is 914 g/mol. The molecule has 0 aliphatic rings. The minimum Gasteiger partial charge on any atom is -0.496 e. The van der Waals surface area contributed by atoms with Gasteiger partial charge in [0, 0.05) is 17.8 Å². The number of methoxy groups -OCH3 is 3. The first-order valence-corrected chi connectivity index (χ1v) is 18.4. The van der Waals surface area contributed by atoms with Crippen LogP contribution in [0, 0.1) is 72.2 Å². The summed E-state index contributed by atoms with van der Waals surface area (Å²) in [5.74, 6) is 1.61. The van der Waals surface area contributed by atoms with E-state index in [1.807, 2.05) is 24.3 Å². The first kappa shape index (κ1) is 43.0. The van der Waals surface area contributed by atoms with E-state index in [4.69, 9.17) is 14.2 Å². The Morgan fingerprint density at radius 3 is 1.30 bits per heavy atom. The molecule has 278 valence electrons. The quantitative estimate of drug-likeness (QED) is 0.118. The second-order valence-electron chi connectivity index (χ2n) is 12.6. The van der Waals surface area contributed by atoms with Crippen LogP contribution in [0.4, 0.5) is 8.78 Å². The van der Waals surface area contributed by atoms with Gasteiger partial charge in [-0.25, -0.2) is 0 Å². The number of ether oxygens (including phenoxy) is 3. The molecule has 0 bridgehead atoms. The van der Waals surface area contributed by atoms with Gasteiger partial charge in [-0.2, -0.15) is 35.9 Å². The molecule has 4 nitrogen and oxygen atoms in total. The molecular formula is C45H47F2NO3PPt+. The van der Waals surface area contributed by atoms with Crippen molar-refractivity contribution in [2.75, 3.05) is 21.3 Å². The SMILES string of the molecule is COc1c(C)cc([PH+](c2cc(C)c(OC)c(C)c2)c2cc(C)c(OC)c(C)c2)cc1C.Cc1cc[c-]cc1.Fc1c[c-]c(-c2ccccn2)c(F)c1.[Pt+2]. The molecule has 0 saturated carbocycles. The van der Waals surface area contributed by atoms with E-state index in [0.717, 1.165) is 29.4 Å². The van der Waals surface area contributed by atoms with Crippen LogP contribution < -0.4 is 30.1 Å². The molecule has 1 aromatic heterocycles. The Bertz CT molecular complexity index is 1900. The molecule has 0 spiro atoms. The second-order valence-corrected chi connectivity index (χ2v) is 15.1. The zero-order valence-electron chi connectivity index (χ0n) is 32.0. The molecule has 0 N–H and O–H groups in total. The maximum absolute atomic E-state index is 13.2. The maximum Gasteiger partial charge on any atom is 2.00 e. The number of aromatic nitrogens is 1. The molecule has 0 aliphatic heterocycles. The van der Waals surface area contributed by atoms with Gasteiger partial charge in [-0.3, -0.25) is 8.78 Å². The third-order valence-corrected chi connectivity index (χ3v) is 11.1. The van der Waals surface area contributed by atoms with Gasteiger partial charge in [0.05, 0.1) is 29.3 Å². The van der Waals surface area contributed by atoms with Crippen LogP contribution in [0.3, 0.4) is 0 Å². The van der Waals surface area contributed by atoms with Crippen LogP contribution in [0.2, 0.25) is 0 Å². The van der Waals surface area contributed by atoms with Crippen molar-refractivity contribution in [2.45, 2.75) is 48.5 Å². The van der Waals surface area contributed by atoms with Gasteiger partial charge in [-0.05, 0) is 123 Å². The van der Waals surface area contributed by atoms with Crippen LogP contribution in [0.15, 0.2) is 97.2 Å². The molecule has 0 amide bonds. The summed E-state index contributed by atoms with van der Waals surface area (Å²) in [6, 6.07) is 34.1. The Labute approximate surface area is 329 Å². The molecular weight excluding hydrogens is 867 g/mol. The fraction of sp³-hybridized carbons (Fsp3) is 0.222. The summed E-state index contributed by atoms with van der Waals surface area (Å²) in [5, 5.41) is 4.07. The molecule has 6 rings (SSSR count). The third kappa shape index (κ3) is 11.1. The maximum atomic E-state index is 13.2. The average Bonchev–Trinajstić information content (AvgIpc) is 3.09. The van der Waals surface area contributed by atoms with E-state index in [-0.39, 0.29) is 26.6 Å². The number of aryl methyl sites for hydroxylation is 7. The minimum atomic E-state index is -1.25. The van der Waals surface area contributed by atoms with Gasteiger partial charge in [0.15, 0.2) is 0 Å². The summed E-state index contributed by atoms with van der Waals surface area (Å²) >= 11 is 0. The number of nitrogens with zero attached hydrogens (tertiary/aromatic N) is 1. The number of rotatable bonds is 7. The van der Waals surface area contributed by atoms with Gasteiger partial charge in [0.25, 0.3) is 0 Å². The molecule has 6 aromatic rings. The number of benzene rings is 5. The van der Waals surface area contributed by atoms with Crippen LogP contribution >= 0.6 is 7.92 Å². The van der Waals surface area contributed by atoms with E-state index in [9.17, 15) is 8.78 Å². The fourth-order valence-electron chi connectivity index (χ4n) is 6.37. The Kier molecular flexibility index (Phi) is 16.4. The Morgan fingerprint density at radius 1 is 0.585 bits per heavy atom. The van der Waals surface area contributed by atoms with Crippen molar-refractivity contribution in [3.8, 4) is 28.5 Å². The van der Waals surface area contributed by atoms with Crippen molar-refractivity contribution in [2.24, 2.45) is 0 Å². The van der Waals surface area contributed by atoms with E-state index >= 15 is 0 Å². The predicted molar refractivity (Wildman–Crippen MR) is 213 cm³/mol. The van der Waals surface area contributed by atoms with Crippen molar-refractivity contribution < 1.29 is 44.1 Å². The summed E-state index contributed by atoms with van der Waals surface area (Å²) < 4.78 is 42.7. The van der Waals surface area contributed by atoms with Crippen molar-refractivity contribution in [3.05, 3.63) is 160 Å². The van der Waals surface area contributed by atoms with Crippen LogP contribution in [-0.2, 0) is 21.1 Å². The van der Waals surface area contributed by atoms with Crippen molar-refractivity contribution in [1.29, 1.82) is 0 Å². The molecule has 0 fully saturated rings. The Balaban J connectivity index is 0.000000280. The van der Waals surface area contributed by atoms with E-state index in [1.165, 1.54) is 54.9 Å². The van der Waals surface area contributed by atoms with Gasteiger partial charge in [0.2, 0.25) is 0 Å². The van der Waals surface area contributed by atoms with Gasteiger partial charge >= 0.3 is 21.1 Å². The second kappa shape index (κ2) is 20.2. The van der Waals surface area contributed by atoms with Crippen LogP contribution in [0.1, 0.15) is 38.9 Å². The number of hydrogen-bond donors (Lipinski definition) is 0. The number of hydrogen-bond acceptors (Lipinski definition) is 4. The standard InChI is InChI=1S/C27H33O3P.C11H6F2N.C7H7.Pt/c1-16-10-22(11-17(2)25(16)28-7)31(23-12-18(3)26(29-8)19(4)13-23)24-14-20(5)27(30-9)21(6)15-24;12-8-4-5-9(10(13)7-8)11-3-1-2-6-14-11;1-7-5-3-2-4-6-7;/h10-15H,1-9H3;1-4,6-7H;3-6H,1H3;/q;2*-1;+2/p+1. The van der Waals surface area contributed by atoms with Gasteiger partial charge in [-0.1, -0.05) is 30.7 Å². The molecule has 5 aromatic carbocycles. The van der Waals surface area contributed by atoms with Gasteiger partial charge in [0.1, 0.15) is 33.2 Å². The van der Waals surface area contributed by atoms with Crippen molar-refractivity contribution >= 4 is 23.8 Å². The molecule has 8 heteroatoms. The van der Waals surface area contributed by atoms with Crippen molar-refractivity contribution in [3.63, 3.8) is 0 Å². The topological polar surface area (TPSA) is 40.6 Å². The zero-order chi connectivity index (χ0) is 37.9. The zero-order valence-corrected chi connectivity index (χ0v) is 35.3. The summed E-state index contributed by atoms with van der Waals surface area (Å²) in [4.78, 5) is 3.95. The smallest absolute Gasteiger partial charge is 0.496 e. The predicted octanol–water partition coefficient (Wildman–Crippen LogP) is 9.67. The monoisotopic (exact) mass is 913 g/mol. The Hall–Kier alpha value is -4.37. The normalized spacial score (nSPS) is 10.3. The molecule has 1 heterocycles. The van der Waals surface area contributed by atoms with E-state index in [2.05, 4.69) is 102 Å².